The molecule has 1 atom stereocenters. The van der Waals surface area contributed by atoms with Crippen LogP contribution < -0.4 is 0 Å². The number of aryl methyl sites for hydroxylation is 2. The van der Waals surface area contributed by atoms with E-state index in [1.54, 1.807) is 13.8 Å². The van der Waals surface area contributed by atoms with Gasteiger partial charge in [0.15, 0.2) is 0 Å². The Hall–Kier alpha value is -2.19. The van der Waals surface area contributed by atoms with Gasteiger partial charge in [0, 0.05) is 26.2 Å². The third-order valence-electron chi connectivity index (χ3n) is 5.33. The first kappa shape index (κ1) is 20.5. The van der Waals surface area contributed by atoms with Gasteiger partial charge in [0.2, 0.25) is 15.9 Å². The van der Waals surface area contributed by atoms with Gasteiger partial charge in [0.05, 0.1) is 17.3 Å². The Balaban J connectivity index is 1.75. The summed E-state index contributed by atoms with van der Waals surface area (Å²) in [6.07, 6.45) is 1.33. The molecule has 1 fully saturated rings. The number of amides is 1. The van der Waals surface area contributed by atoms with E-state index in [0.29, 0.717) is 44.0 Å². The summed E-state index contributed by atoms with van der Waals surface area (Å²) in [4.78, 5) is 15.2. The van der Waals surface area contributed by atoms with Gasteiger partial charge in [-0.05, 0) is 32.3 Å². The molecule has 7 nitrogen and oxygen atoms in total. The highest BCUT2D eigenvalue weighted by atomic mass is 32.2. The summed E-state index contributed by atoms with van der Waals surface area (Å²) in [6.45, 7) is 7.08. The monoisotopic (exact) mass is 404 g/mol. The number of nitrogens with one attached hydrogen (secondary N) is 1. The number of aromatic amines is 1. The summed E-state index contributed by atoms with van der Waals surface area (Å²) in [5.41, 5.74) is 2.03. The van der Waals surface area contributed by atoms with Gasteiger partial charge >= 0.3 is 0 Å². The molecule has 1 aromatic carbocycles. The Morgan fingerprint density at radius 3 is 2.46 bits per heavy atom. The first-order valence-electron chi connectivity index (χ1n) is 9.71. The molecule has 8 heteroatoms. The summed E-state index contributed by atoms with van der Waals surface area (Å²) in [7, 11) is -3.63. The summed E-state index contributed by atoms with van der Waals surface area (Å²) in [5.74, 6) is -0.119. The van der Waals surface area contributed by atoms with Crippen LogP contribution >= 0.6 is 0 Å². The smallest absolute Gasteiger partial charge is 0.246 e. The number of hydrogen-bond acceptors (Lipinski definition) is 4. The van der Waals surface area contributed by atoms with Gasteiger partial charge in [-0.3, -0.25) is 9.89 Å². The zero-order chi connectivity index (χ0) is 20.3. The molecule has 3 rings (SSSR count). The zero-order valence-electron chi connectivity index (χ0n) is 16.7. The van der Waals surface area contributed by atoms with Crippen molar-refractivity contribution in [1.82, 2.24) is 19.4 Å². The summed E-state index contributed by atoms with van der Waals surface area (Å²) in [5, 5.41) is 6.76. The normalized spacial score (nSPS) is 17.3. The second kappa shape index (κ2) is 8.45. The van der Waals surface area contributed by atoms with Crippen molar-refractivity contribution in [3.8, 4) is 0 Å². The van der Waals surface area contributed by atoms with Gasteiger partial charge < -0.3 is 4.90 Å². The molecule has 1 saturated heterocycles. The van der Waals surface area contributed by atoms with E-state index in [9.17, 15) is 13.2 Å². The van der Waals surface area contributed by atoms with E-state index in [-0.39, 0.29) is 16.7 Å². The van der Waals surface area contributed by atoms with Crippen molar-refractivity contribution in [2.45, 2.75) is 44.4 Å². The highest BCUT2D eigenvalue weighted by Gasteiger charge is 2.33. The molecule has 0 saturated carbocycles. The Bertz CT molecular complexity index is 905. The number of carbonyl (C=O) groups is 1. The van der Waals surface area contributed by atoms with Crippen LogP contribution in [-0.2, 0) is 14.8 Å². The predicted octanol–water partition coefficient (Wildman–Crippen LogP) is 2.44. The molecule has 1 N–H and O–H groups in total. The Morgan fingerprint density at radius 2 is 1.86 bits per heavy atom. The maximum absolute atomic E-state index is 13.1. The first-order chi connectivity index (χ1) is 13.4. The van der Waals surface area contributed by atoms with Crippen LogP contribution in [0.1, 0.15) is 42.6 Å². The molecule has 0 aliphatic carbocycles. The van der Waals surface area contributed by atoms with Crippen molar-refractivity contribution in [1.29, 1.82) is 0 Å². The molecule has 0 bridgehead atoms. The maximum atomic E-state index is 13.1. The van der Waals surface area contributed by atoms with Crippen LogP contribution in [0.15, 0.2) is 35.2 Å². The lowest BCUT2D eigenvalue weighted by molar-refractivity contribution is -0.132. The maximum Gasteiger partial charge on any atom is 0.246 e. The fourth-order valence-corrected chi connectivity index (χ4v) is 5.66. The number of carbonyl (C=O) groups excluding carboxylic acids is 1. The second-order valence-corrected chi connectivity index (χ2v) is 9.09. The average Bonchev–Trinajstić information content (AvgIpc) is 2.87. The lowest BCUT2D eigenvalue weighted by Gasteiger charge is -2.26. The number of hydrogen-bond donors (Lipinski definition) is 1. The van der Waals surface area contributed by atoms with Crippen molar-refractivity contribution in [3.05, 3.63) is 47.3 Å². The summed E-state index contributed by atoms with van der Waals surface area (Å²) in [6, 6.07) is 9.78. The van der Waals surface area contributed by atoms with Gasteiger partial charge in [0.1, 0.15) is 4.90 Å². The number of benzene rings is 1. The molecule has 28 heavy (non-hydrogen) atoms. The van der Waals surface area contributed by atoms with Gasteiger partial charge in [-0.15, -0.1) is 0 Å². The SMILES string of the molecule is CCC(C(=O)N1CCCN(S(=O)(=O)c2c(C)n[nH]c2C)CC1)c1ccccc1. The molecule has 1 aromatic heterocycles. The van der Waals surface area contributed by atoms with Gasteiger partial charge in [-0.25, -0.2) is 8.42 Å². The van der Waals surface area contributed by atoms with Crippen molar-refractivity contribution in [3.63, 3.8) is 0 Å². The fraction of sp³-hybridized carbons (Fsp3) is 0.500. The third kappa shape index (κ3) is 3.98. The Labute approximate surface area is 166 Å². The molecular weight excluding hydrogens is 376 g/mol. The van der Waals surface area contributed by atoms with E-state index in [1.165, 1.54) is 4.31 Å². The summed E-state index contributed by atoms with van der Waals surface area (Å²) >= 11 is 0. The zero-order valence-corrected chi connectivity index (χ0v) is 17.5. The molecule has 1 aliphatic rings. The number of aromatic nitrogens is 2. The number of nitrogens with zero attached hydrogens (tertiary/aromatic N) is 3. The molecule has 2 heterocycles. The Morgan fingerprint density at radius 1 is 1.14 bits per heavy atom. The highest BCUT2D eigenvalue weighted by Crippen LogP contribution is 2.25. The van der Waals surface area contributed by atoms with Crippen LogP contribution in [0, 0.1) is 13.8 Å². The second-order valence-electron chi connectivity index (χ2n) is 7.22. The van der Waals surface area contributed by atoms with Crippen LogP contribution in [0.25, 0.3) is 0 Å². The van der Waals surface area contributed by atoms with Crippen LogP contribution in [-0.4, -0.2) is 59.9 Å². The van der Waals surface area contributed by atoms with Crippen molar-refractivity contribution < 1.29 is 13.2 Å². The number of rotatable bonds is 5. The van der Waals surface area contributed by atoms with Crippen molar-refractivity contribution in [2.24, 2.45) is 0 Å². The van der Waals surface area contributed by atoms with Crippen LogP contribution in [0.4, 0.5) is 0 Å². The molecule has 152 valence electrons. The average molecular weight is 405 g/mol. The minimum atomic E-state index is -3.63. The lowest BCUT2D eigenvalue weighted by atomic mass is 9.95. The molecule has 1 unspecified atom stereocenters. The predicted molar refractivity (Wildman–Crippen MR) is 107 cm³/mol. The largest absolute Gasteiger partial charge is 0.341 e. The minimum Gasteiger partial charge on any atom is -0.341 e. The number of H-pyrrole nitrogens is 1. The van der Waals surface area contributed by atoms with Crippen LogP contribution in [0.2, 0.25) is 0 Å². The van der Waals surface area contributed by atoms with Gasteiger partial charge in [-0.1, -0.05) is 37.3 Å². The standard InChI is InChI=1S/C20H28N4O3S/c1-4-18(17-9-6-5-7-10-17)20(25)23-11-8-12-24(14-13-23)28(26,27)19-15(2)21-22-16(19)3/h5-7,9-10,18H,4,8,11-14H2,1-3H3,(H,21,22). The van der Waals surface area contributed by atoms with E-state index in [1.807, 2.05) is 42.2 Å². The van der Waals surface area contributed by atoms with Crippen LogP contribution in [0.3, 0.4) is 0 Å². The third-order valence-corrected chi connectivity index (χ3v) is 7.50. The van der Waals surface area contributed by atoms with Crippen molar-refractivity contribution in [2.75, 3.05) is 26.2 Å². The lowest BCUT2D eigenvalue weighted by Crippen LogP contribution is -2.39. The minimum absolute atomic E-state index is 0.0728. The quantitative estimate of drug-likeness (QED) is 0.829. The van der Waals surface area contributed by atoms with Gasteiger partial charge in [0.25, 0.3) is 0 Å². The number of sulfonamides is 1. The van der Waals surface area contributed by atoms with E-state index in [0.717, 1.165) is 12.0 Å². The van der Waals surface area contributed by atoms with E-state index >= 15 is 0 Å². The molecule has 0 spiro atoms. The molecule has 1 aliphatic heterocycles. The van der Waals surface area contributed by atoms with Crippen LogP contribution in [0.5, 0.6) is 0 Å². The Kier molecular flexibility index (Phi) is 6.20. The van der Waals surface area contributed by atoms with E-state index in [2.05, 4.69) is 10.2 Å². The highest BCUT2D eigenvalue weighted by molar-refractivity contribution is 7.89. The van der Waals surface area contributed by atoms with E-state index in [4.69, 9.17) is 0 Å². The topological polar surface area (TPSA) is 86.4 Å². The van der Waals surface area contributed by atoms with E-state index < -0.39 is 10.0 Å². The first-order valence-corrected chi connectivity index (χ1v) is 11.2. The molecule has 1 amide bonds. The molecule has 2 aromatic rings. The summed E-state index contributed by atoms with van der Waals surface area (Å²) < 4.78 is 27.7. The molecular formula is C20H28N4O3S. The van der Waals surface area contributed by atoms with Crippen molar-refractivity contribution >= 4 is 15.9 Å². The van der Waals surface area contributed by atoms with Gasteiger partial charge in [-0.2, -0.15) is 9.40 Å². The fourth-order valence-electron chi connectivity index (χ4n) is 3.86. The molecule has 0 radical (unpaired) electrons.